The van der Waals surface area contributed by atoms with Gasteiger partial charge in [-0.1, -0.05) is 0 Å². The van der Waals surface area contributed by atoms with Crippen LogP contribution in [0.4, 0.5) is 10.1 Å². The third kappa shape index (κ3) is 4.41. The lowest BCUT2D eigenvalue weighted by molar-refractivity contribution is -0.122. The van der Waals surface area contributed by atoms with Crippen molar-refractivity contribution < 1.29 is 18.8 Å². The van der Waals surface area contributed by atoms with E-state index in [9.17, 15) is 18.8 Å². The summed E-state index contributed by atoms with van der Waals surface area (Å²) in [7, 11) is 1.69. The Bertz CT molecular complexity index is 1030. The third-order valence-corrected chi connectivity index (χ3v) is 5.01. The molecule has 1 aliphatic rings. The molecule has 8 nitrogen and oxygen atoms in total. The first-order valence-electron chi connectivity index (χ1n) is 9.56. The van der Waals surface area contributed by atoms with E-state index < -0.39 is 5.82 Å². The zero-order valence-electron chi connectivity index (χ0n) is 17.0. The molecule has 0 aliphatic carbocycles. The average Bonchev–Trinajstić information content (AvgIpc) is 3.24. The summed E-state index contributed by atoms with van der Waals surface area (Å²) in [6, 6.07) is 3.79. The van der Waals surface area contributed by atoms with Gasteiger partial charge < -0.3 is 26.3 Å². The van der Waals surface area contributed by atoms with Crippen molar-refractivity contribution in [1.82, 2.24) is 20.9 Å². The number of halogens is 1. The Morgan fingerprint density at radius 1 is 1.23 bits per heavy atom. The van der Waals surface area contributed by atoms with Gasteiger partial charge >= 0.3 is 0 Å². The van der Waals surface area contributed by atoms with E-state index in [-0.39, 0.29) is 30.3 Å². The molecule has 3 amide bonds. The first kappa shape index (κ1) is 21.3. The molecule has 0 unspecified atom stereocenters. The number of nitrogens with one attached hydrogen (secondary N) is 5. The van der Waals surface area contributed by atoms with Crippen molar-refractivity contribution >= 4 is 35.1 Å². The highest BCUT2D eigenvalue weighted by atomic mass is 19.1. The smallest absolute Gasteiger partial charge is 0.256 e. The van der Waals surface area contributed by atoms with Crippen LogP contribution in [0.5, 0.6) is 0 Å². The lowest BCUT2D eigenvalue weighted by atomic mass is 10.0. The third-order valence-electron chi connectivity index (χ3n) is 5.01. The van der Waals surface area contributed by atoms with Gasteiger partial charge in [-0.25, -0.2) is 4.39 Å². The summed E-state index contributed by atoms with van der Waals surface area (Å²) in [5.74, 6) is -1.21. The number of hydrogen-bond donors (Lipinski definition) is 5. The topological polar surface area (TPSA) is 115 Å². The number of hydrogen-bond acceptors (Lipinski definition) is 4. The van der Waals surface area contributed by atoms with E-state index >= 15 is 0 Å². The van der Waals surface area contributed by atoms with Crippen LogP contribution in [0.2, 0.25) is 0 Å². The largest absolute Gasteiger partial charge is 0.361 e. The van der Waals surface area contributed by atoms with E-state index in [0.29, 0.717) is 40.2 Å². The number of anilines is 1. The van der Waals surface area contributed by atoms with Crippen molar-refractivity contribution in [3.05, 3.63) is 52.6 Å². The van der Waals surface area contributed by atoms with Crippen LogP contribution in [-0.2, 0) is 9.59 Å². The number of H-pyrrole nitrogens is 1. The van der Waals surface area contributed by atoms with Gasteiger partial charge in [0.05, 0.1) is 17.2 Å². The van der Waals surface area contributed by atoms with Crippen molar-refractivity contribution in [2.24, 2.45) is 0 Å². The standard InChI is InChI=1S/C21H24FN5O3/c1-11-16(20(29)25-7-6-24-19(28)12(2)23-3)10-26-18(11)9-15-14-8-13(22)4-5-17(14)27-21(15)30/h4-5,8-10,12,23,26H,6-7H2,1-3H3,(H,24,28)(H,25,29)(H,27,30)/t12-/m0/s1. The van der Waals surface area contributed by atoms with Crippen LogP contribution < -0.4 is 21.3 Å². The molecule has 0 radical (unpaired) electrons. The maximum Gasteiger partial charge on any atom is 0.256 e. The number of aromatic amines is 1. The summed E-state index contributed by atoms with van der Waals surface area (Å²) >= 11 is 0. The molecule has 1 aromatic carbocycles. The highest BCUT2D eigenvalue weighted by Crippen LogP contribution is 2.34. The normalized spacial score (nSPS) is 14.9. The van der Waals surface area contributed by atoms with E-state index in [4.69, 9.17) is 0 Å². The molecular weight excluding hydrogens is 389 g/mol. The predicted octanol–water partition coefficient (Wildman–Crippen LogP) is 1.41. The molecule has 158 valence electrons. The van der Waals surface area contributed by atoms with Crippen LogP contribution >= 0.6 is 0 Å². The second-order valence-electron chi connectivity index (χ2n) is 7.00. The molecule has 2 aromatic rings. The molecule has 0 spiro atoms. The monoisotopic (exact) mass is 413 g/mol. The number of carbonyl (C=O) groups is 3. The van der Waals surface area contributed by atoms with E-state index in [2.05, 4.69) is 26.3 Å². The van der Waals surface area contributed by atoms with Crippen molar-refractivity contribution in [3.63, 3.8) is 0 Å². The van der Waals surface area contributed by atoms with Gasteiger partial charge in [0.2, 0.25) is 5.91 Å². The lowest BCUT2D eigenvalue weighted by Crippen LogP contribution is -2.43. The van der Waals surface area contributed by atoms with Gasteiger partial charge in [0.1, 0.15) is 5.82 Å². The first-order valence-corrected chi connectivity index (χ1v) is 9.56. The minimum Gasteiger partial charge on any atom is -0.361 e. The van der Waals surface area contributed by atoms with E-state index in [1.165, 1.54) is 18.2 Å². The van der Waals surface area contributed by atoms with E-state index in [0.717, 1.165) is 0 Å². The maximum atomic E-state index is 13.6. The summed E-state index contributed by atoms with van der Waals surface area (Å²) in [6.07, 6.45) is 3.16. The number of rotatable bonds is 7. The average molecular weight is 413 g/mol. The zero-order valence-corrected chi connectivity index (χ0v) is 17.0. The molecule has 0 bridgehead atoms. The van der Waals surface area contributed by atoms with Crippen LogP contribution in [-0.4, -0.2) is 48.9 Å². The lowest BCUT2D eigenvalue weighted by Gasteiger charge is -2.11. The van der Waals surface area contributed by atoms with Gasteiger partial charge in [-0.05, 0) is 50.7 Å². The molecule has 1 aromatic heterocycles. The highest BCUT2D eigenvalue weighted by molar-refractivity contribution is 6.34. The van der Waals surface area contributed by atoms with E-state index in [1.54, 1.807) is 33.2 Å². The molecule has 0 saturated carbocycles. The van der Waals surface area contributed by atoms with Crippen LogP contribution in [0.25, 0.3) is 11.6 Å². The number of benzene rings is 1. The van der Waals surface area contributed by atoms with Crippen LogP contribution in [0, 0.1) is 12.7 Å². The molecule has 0 fully saturated rings. The van der Waals surface area contributed by atoms with E-state index in [1.807, 2.05) is 0 Å². The van der Waals surface area contributed by atoms with Gasteiger partial charge in [0, 0.05) is 36.2 Å². The molecular formula is C21H24FN5O3. The van der Waals surface area contributed by atoms with Gasteiger partial charge in [-0.15, -0.1) is 0 Å². The van der Waals surface area contributed by atoms with Crippen LogP contribution in [0.1, 0.15) is 34.1 Å². The predicted molar refractivity (Wildman–Crippen MR) is 112 cm³/mol. The summed E-state index contributed by atoms with van der Waals surface area (Å²) in [5, 5.41) is 11.0. The van der Waals surface area contributed by atoms with Gasteiger partial charge in [-0.3, -0.25) is 14.4 Å². The summed E-state index contributed by atoms with van der Waals surface area (Å²) in [4.78, 5) is 39.4. The Balaban J connectivity index is 1.67. The molecule has 5 N–H and O–H groups in total. The van der Waals surface area contributed by atoms with Crippen LogP contribution in [0.3, 0.4) is 0 Å². The minimum absolute atomic E-state index is 0.148. The van der Waals surface area contributed by atoms with Crippen molar-refractivity contribution in [2.75, 3.05) is 25.5 Å². The summed E-state index contributed by atoms with van der Waals surface area (Å²) < 4.78 is 13.6. The fraction of sp³-hybridized carbons (Fsp3) is 0.286. The molecule has 2 heterocycles. The Kier molecular flexibility index (Phi) is 6.31. The molecule has 30 heavy (non-hydrogen) atoms. The Morgan fingerprint density at radius 2 is 1.97 bits per heavy atom. The van der Waals surface area contributed by atoms with Gasteiger partial charge in [0.15, 0.2) is 0 Å². The SMILES string of the molecule is CN[C@@H](C)C(=O)NCCNC(=O)c1c[nH]c(C=C2C(=O)Nc3ccc(F)cc32)c1C. The number of amides is 3. The summed E-state index contributed by atoms with van der Waals surface area (Å²) in [5.41, 5.74) is 3.01. The fourth-order valence-corrected chi connectivity index (χ4v) is 3.09. The Morgan fingerprint density at radius 3 is 2.70 bits per heavy atom. The number of fused-ring (bicyclic) bond motifs is 1. The number of aromatic nitrogens is 1. The van der Waals surface area contributed by atoms with Gasteiger partial charge in [0.25, 0.3) is 11.8 Å². The fourth-order valence-electron chi connectivity index (χ4n) is 3.09. The first-order chi connectivity index (χ1) is 14.3. The molecule has 3 rings (SSSR count). The van der Waals surface area contributed by atoms with Gasteiger partial charge in [-0.2, -0.15) is 0 Å². The van der Waals surface area contributed by atoms with Crippen molar-refractivity contribution in [2.45, 2.75) is 19.9 Å². The zero-order chi connectivity index (χ0) is 21.8. The maximum absolute atomic E-state index is 13.6. The Labute approximate surface area is 173 Å². The number of likely N-dealkylation sites (N-methyl/N-ethyl adjacent to an activating group) is 1. The quantitative estimate of drug-likeness (QED) is 0.349. The van der Waals surface area contributed by atoms with Crippen molar-refractivity contribution in [3.8, 4) is 0 Å². The molecule has 1 atom stereocenters. The van der Waals surface area contributed by atoms with Crippen molar-refractivity contribution in [1.29, 1.82) is 0 Å². The molecule has 1 aliphatic heterocycles. The minimum atomic E-state index is -0.435. The summed E-state index contributed by atoms with van der Waals surface area (Å²) in [6.45, 7) is 4.08. The second kappa shape index (κ2) is 8.91. The highest BCUT2D eigenvalue weighted by Gasteiger charge is 2.25. The molecule has 0 saturated heterocycles. The Hall–Kier alpha value is -3.46. The number of carbonyl (C=O) groups excluding carboxylic acids is 3. The van der Waals surface area contributed by atoms with Crippen LogP contribution in [0.15, 0.2) is 24.4 Å². The second-order valence-corrected chi connectivity index (χ2v) is 7.00. The molecule has 9 heteroatoms.